The third kappa shape index (κ3) is 6.08. The SMILES string of the molecule is CCCC(=O)N(C=O)OC(=O)[C@@H](C)CCCc1ccccc1. The molecule has 0 saturated heterocycles. The van der Waals surface area contributed by atoms with E-state index in [4.69, 9.17) is 4.84 Å². The molecular formula is C17H23NO4. The maximum Gasteiger partial charge on any atom is 0.335 e. The van der Waals surface area contributed by atoms with Gasteiger partial charge in [-0.15, -0.1) is 5.06 Å². The number of carbonyl (C=O) groups excluding carboxylic acids is 3. The highest BCUT2D eigenvalue weighted by molar-refractivity contribution is 5.86. The van der Waals surface area contributed by atoms with Crippen LogP contribution in [0.4, 0.5) is 0 Å². The van der Waals surface area contributed by atoms with Gasteiger partial charge in [-0.25, -0.2) is 4.79 Å². The predicted octanol–water partition coefficient (Wildman–Crippen LogP) is 2.89. The van der Waals surface area contributed by atoms with Crippen molar-refractivity contribution in [3.63, 3.8) is 0 Å². The van der Waals surface area contributed by atoms with Crippen LogP contribution in [0.5, 0.6) is 0 Å². The summed E-state index contributed by atoms with van der Waals surface area (Å²) in [5.74, 6) is -1.41. The number of rotatable bonds is 8. The summed E-state index contributed by atoms with van der Waals surface area (Å²) in [6.07, 6.45) is 3.37. The molecule has 1 aromatic carbocycles. The number of nitrogens with zero attached hydrogens (tertiary/aromatic N) is 1. The Kier molecular flexibility index (Phi) is 7.89. The first-order chi connectivity index (χ1) is 10.6. The topological polar surface area (TPSA) is 63.7 Å². The Morgan fingerprint density at radius 3 is 2.55 bits per heavy atom. The quantitative estimate of drug-likeness (QED) is 0.547. The molecule has 0 fully saturated rings. The van der Waals surface area contributed by atoms with Gasteiger partial charge in [0.25, 0.3) is 12.3 Å². The molecule has 0 N–H and O–H groups in total. The van der Waals surface area contributed by atoms with Crippen molar-refractivity contribution in [3.05, 3.63) is 35.9 Å². The lowest BCUT2D eigenvalue weighted by molar-refractivity contribution is -0.199. The fourth-order valence-electron chi connectivity index (χ4n) is 2.02. The van der Waals surface area contributed by atoms with Crippen LogP contribution < -0.4 is 0 Å². The fourth-order valence-corrected chi connectivity index (χ4v) is 2.02. The first-order valence-electron chi connectivity index (χ1n) is 7.61. The van der Waals surface area contributed by atoms with E-state index in [0.717, 1.165) is 12.8 Å². The van der Waals surface area contributed by atoms with Crippen LogP contribution in [0.1, 0.15) is 45.1 Å². The van der Waals surface area contributed by atoms with Gasteiger partial charge in [-0.3, -0.25) is 9.59 Å². The second-order valence-electron chi connectivity index (χ2n) is 5.26. The first-order valence-corrected chi connectivity index (χ1v) is 7.61. The zero-order valence-corrected chi connectivity index (χ0v) is 13.2. The van der Waals surface area contributed by atoms with Gasteiger partial charge in [0.15, 0.2) is 0 Å². The lowest BCUT2D eigenvalue weighted by atomic mass is 10.0. The second-order valence-corrected chi connectivity index (χ2v) is 5.26. The van der Waals surface area contributed by atoms with Gasteiger partial charge in [-0.2, -0.15) is 0 Å². The molecule has 0 aliphatic carbocycles. The van der Waals surface area contributed by atoms with E-state index in [1.807, 2.05) is 37.3 Å². The minimum atomic E-state index is -0.551. The largest absolute Gasteiger partial charge is 0.335 e. The predicted molar refractivity (Wildman–Crippen MR) is 82.5 cm³/mol. The Morgan fingerprint density at radius 2 is 1.95 bits per heavy atom. The molecule has 120 valence electrons. The molecule has 1 atom stereocenters. The van der Waals surface area contributed by atoms with Crippen LogP contribution in [0, 0.1) is 5.92 Å². The van der Waals surface area contributed by atoms with Gasteiger partial charge in [-0.1, -0.05) is 44.2 Å². The van der Waals surface area contributed by atoms with Crippen LogP contribution in [0.3, 0.4) is 0 Å². The molecule has 0 spiro atoms. The number of hydrogen-bond donors (Lipinski definition) is 0. The monoisotopic (exact) mass is 305 g/mol. The highest BCUT2D eigenvalue weighted by Gasteiger charge is 2.21. The minimum Gasteiger partial charge on any atom is -0.330 e. The summed E-state index contributed by atoms with van der Waals surface area (Å²) in [6, 6.07) is 10.0. The van der Waals surface area contributed by atoms with E-state index in [9.17, 15) is 14.4 Å². The van der Waals surface area contributed by atoms with Gasteiger partial charge in [0.05, 0.1) is 5.92 Å². The summed E-state index contributed by atoms with van der Waals surface area (Å²) >= 11 is 0. The lowest BCUT2D eigenvalue weighted by Crippen LogP contribution is -2.34. The van der Waals surface area contributed by atoms with Crippen LogP contribution in [0.15, 0.2) is 30.3 Å². The van der Waals surface area contributed by atoms with E-state index in [0.29, 0.717) is 17.9 Å². The van der Waals surface area contributed by atoms with Crippen LogP contribution in [0.2, 0.25) is 0 Å². The smallest absolute Gasteiger partial charge is 0.330 e. The average molecular weight is 305 g/mol. The van der Waals surface area contributed by atoms with Crippen LogP contribution in [0.25, 0.3) is 0 Å². The van der Waals surface area contributed by atoms with Gasteiger partial charge in [0, 0.05) is 6.42 Å². The molecule has 0 aliphatic heterocycles. The maximum atomic E-state index is 11.9. The minimum absolute atomic E-state index is 0.175. The zero-order valence-electron chi connectivity index (χ0n) is 13.2. The standard InChI is InChI=1S/C17H23NO4/c1-3-8-16(20)18(13-19)22-17(21)14(2)9-7-12-15-10-5-4-6-11-15/h4-6,10-11,13-14H,3,7-9,12H2,1-2H3/t14-/m0/s1. The van der Waals surface area contributed by atoms with E-state index < -0.39 is 11.9 Å². The van der Waals surface area contributed by atoms with Gasteiger partial charge in [-0.05, 0) is 31.2 Å². The maximum absolute atomic E-state index is 11.9. The Bertz CT molecular complexity index is 487. The van der Waals surface area contributed by atoms with E-state index in [1.165, 1.54) is 5.56 Å². The van der Waals surface area contributed by atoms with Gasteiger partial charge < -0.3 is 4.84 Å². The number of aryl methyl sites for hydroxylation is 1. The number of hydrogen-bond acceptors (Lipinski definition) is 4. The molecule has 22 heavy (non-hydrogen) atoms. The van der Waals surface area contributed by atoms with Crippen molar-refractivity contribution < 1.29 is 19.2 Å². The normalized spacial score (nSPS) is 11.5. The highest BCUT2D eigenvalue weighted by atomic mass is 16.7. The van der Waals surface area contributed by atoms with Crippen molar-refractivity contribution in [2.75, 3.05) is 0 Å². The van der Waals surface area contributed by atoms with Gasteiger partial charge in [0.2, 0.25) is 0 Å². The summed E-state index contributed by atoms with van der Waals surface area (Å²) in [7, 11) is 0. The van der Waals surface area contributed by atoms with Gasteiger partial charge >= 0.3 is 5.97 Å². The Labute approximate surface area is 131 Å². The van der Waals surface area contributed by atoms with Crippen LogP contribution in [-0.4, -0.2) is 23.3 Å². The second kappa shape index (κ2) is 9.71. The van der Waals surface area contributed by atoms with Crippen LogP contribution >= 0.6 is 0 Å². The van der Waals surface area contributed by atoms with Crippen molar-refractivity contribution >= 4 is 18.3 Å². The summed E-state index contributed by atoms with van der Waals surface area (Å²) in [5, 5.41) is 0.500. The van der Waals surface area contributed by atoms with E-state index in [-0.39, 0.29) is 18.7 Å². The number of imide groups is 1. The Morgan fingerprint density at radius 1 is 1.27 bits per heavy atom. The van der Waals surface area contributed by atoms with E-state index in [1.54, 1.807) is 6.92 Å². The van der Waals surface area contributed by atoms with Crippen molar-refractivity contribution in [1.82, 2.24) is 5.06 Å². The molecular weight excluding hydrogens is 282 g/mol. The van der Waals surface area contributed by atoms with Gasteiger partial charge in [0.1, 0.15) is 0 Å². The molecule has 2 amide bonds. The summed E-state index contributed by atoms with van der Waals surface area (Å²) in [4.78, 5) is 39.1. The fraction of sp³-hybridized carbons (Fsp3) is 0.471. The van der Waals surface area contributed by atoms with Crippen molar-refractivity contribution in [1.29, 1.82) is 0 Å². The number of hydroxylamine groups is 2. The summed E-state index contributed by atoms with van der Waals surface area (Å²) in [5.41, 5.74) is 1.22. The molecule has 5 nitrogen and oxygen atoms in total. The number of amides is 2. The first kappa shape index (κ1) is 17.9. The molecule has 0 radical (unpaired) electrons. The van der Waals surface area contributed by atoms with Crippen molar-refractivity contribution in [2.45, 2.75) is 46.0 Å². The molecule has 0 heterocycles. The molecule has 0 saturated carbocycles. The molecule has 0 unspecified atom stereocenters. The van der Waals surface area contributed by atoms with E-state index in [2.05, 4.69) is 0 Å². The Balaban J connectivity index is 2.37. The van der Waals surface area contributed by atoms with Crippen molar-refractivity contribution in [3.8, 4) is 0 Å². The average Bonchev–Trinajstić information content (AvgIpc) is 2.53. The third-order valence-electron chi connectivity index (χ3n) is 3.34. The summed E-state index contributed by atoms with van der Waals surface area (Å²) in [6.45, 7) is 3.55. The number of benzene rings is 1. The molecule has 0 aliphatic rings. The third-order valence-corrected chi connectivity index (χ3v) is 3.34. The van der Waals surface area contributed by atoms with E-state index >= 15 is 0 Å². The zero-order chi connectivity index (χ0) is 16.4. The van der Waals surface area contributed by atoms with Crippen LogP contribution in [-0.2, 0) is 25.6 Å². The molecule has 1 aromatic rings. The highest BCUT2D eigenvalue weighted by Crippen LogP contribution is 2.13. The molecule has 5 heteroatoms. The molecule has 0 aromatic heterocycles. The lowest BCUT2D eigenvalue weighted by Gasteiger charge is -2.17. The van der Waals surface area contributed by atoms with Crippen molar-refractivity contribution in [2.24, 2.45) is 5.92 Å². The number of carbonyl (C=O) groups is 3. The Hall–Kier alpha value is -2.17. The molecule has 1 rings (SSSR count). The summed E-state index contributed by atoms with van der Waals surface area (Å²) < 4.78 is 0. The molecule has 0 bridgehead atoms.